The number of nitrogens with one attached hydrogen (secondary N) is 1. The largest absolute Gasteiger partial charge is 0.443 e. The van der Waals surface area contributed by atoms with Crippen molar-refractivity contribution >= 4 is 18.7 Å². The van der Waals surface area contributed by atoms with Gasteiger partial charge in [-0.25, -0.2) is 4.79 Å². The van der Waals surface area contributed by atoms with Crippen molar-refractivity contribution in [2.45, 2.75) is 30.9 Å². The second-order valence-corrected chi connectivity index (χ2v) is 5.19. The van der Waals surface area contributed by atoms with Gasteiger partial charge in [0.05, 0.1) is 10.9 Å². The summed E-state index contributed by atoms with van der Waals surface area (Å²) in [7, 11) is 0. The van der Waals surface area contributed by atoms with Crippen LogP contribution in [0.5, 0.6) is 0 Å². The van der Waals surface area contributed by atoms with Gasteiger partial charge in [-0.3, -0.25) is 4.90 Å². The Morgan fingerprint density at radius 2 is 2.31 bits per heavy atom. The standard InChI is InChI=1S/C8H14N2O2S/c1-8(2,13)10-3-5-6(4-10)12-7(11)9-5/h5-6,13H,3-4H2,1-2H3,(H,9,11). The highest BCUT2D eigenvalue weighted by molar-refractivity contribution is 7.81. The van der Waals surface area contributed by atoms with Crippen LogP contribution in [-0.4, -0.2) is 41.1 Å². The molecule has 2 heterocycles. The zero-order valence-electron chi connectivity index (χ0n) is 7.78. The fraction of sp³-hybridized carbons (Fsp3) is 0.875. The van der Waals surface area contributed by atoms with Crippen molar-refractivity contribution < 1.29 is 9.53 Å². The molecule has 0 aliphatic carbocycles. The molecule has 1 amide bonds. The van der Waals surface area contributed by atoms with E-state index in [4.69, 9.17) is 4.74 Å². The van der Waals surface area contributed by atoms with E-state index in [0.29, 0.717) is 0 Å². The lowest BCUT2D eigenvalue weighted by atomic mass is 10.2. The topological polar surface area (TPSA) is 41.6 Å². The third-order valence-corrected chi connectivity index (χ3v) is 2.88. The number of ether oxygens (including phenoxy) is 1. The third-order valence-electron chi connectivity index (χ3n) is 2.60. The molecule has 0 saturated carbocycles. The van der Waals surface area contributed by atoms with Gasteiger partial charge in [0.2, 0.25) is 0 Å². The highest BCUT2D eigenvalue weighted by atomic mass is 32.1. The van der Waals surface area contributed by atoms with E-state index >= 15 is 0 Å². The van der Waals surface area contributed by atoms with Crippen LogP contribution in [-0.2, 0) is 4.74 Å². The third kappa shape index (κ3) is 1.62. The number of hydrogen-bond donors (Lipinski definition) is 2. The van der Waals surface area contributed by atoms with Crippen LogP contribution in [0.25, 0.3) is 0 Å². The summed E-state index contributed by atoms with van der Waals surface area (Å²) < 4.78 is 5.08. The van der Waals surface area contributed by atoms with E-state index in [2.05, 4.69) is 22.8 Å². The van der Waals surface area contributed by atoms with E-state index in [1.807, 2.05) is 13.8 Å². The molecule has 13 heavy (non-hydrogen) atoms. The lowest BCUT2D eigenvalue weighted by molar-refractivity contribution is 0.123. The number of hydrogen-bond acceptors (Lipinski definition) is 4. The summed E-state index contributed by atoms with van der Waals surface area (Å²) in [6.45, 7) is 5.69. The number of fused-ring (bicyclic) bond motifs is 1. The highest BCUT2D eigenvalue weighted by Crippen LogP contribution is 2.27. The van der Waals surface area contributed by atoms with Gasteiger partial charge in [0.15, 0.2) is 0 Å². The van der Waals surface area contributed by atoms with Crippen molar-refractivity contribution in [2.24, 2.45) is 0 Å². The number of carbonyl (C=O) groups is 1. The lowest BCUT2D eigenvalue weighted by Gasteiger charge is -2.30. The summed E-state index contributed by atoms with van der Waals surface area (Å²) in [6, 6.07) is 0.152. The summed E-state index contributed by atoms with van der Waals surface area (Å²) in [5.74, 6) is 0. The van der Waals surface area contributed by atoms with E-state index < -0.39 is 0 Å². The second-order valence-electron chi connectivity index (χ2n) is 4.09. The Labute approximate surface area is 83.0 Å². The minimum absolute atomic E-state index is 0.0129. The number of thiol groups is 1. The molecule has 2 atom stereocenters. The van der Waals surface area contributed by atoms with E-state index in [9.17, 15) is 4.79 Å². The fourth-order valence-electron chi connectivity index (χ4n) is 1.80. The minimum atomic E-state index is -0.286. The molecule has 0 aromatic rings. The number of carbonyl (C=O) groups excluding carboxylic acids is 1. The average molecular weight is 202 g/mol. The number of amides is 1. The zero-order chi connectivity index (χ0) is 9.64. The molecule has 2 aliphatic rings. The fourth-order valence-corrected chi connectivity index (χ4v) is 1.96. The molecule has 4 nitrogen and oxygen atoms in total. The van der Waals surface area contributed by atoms with Crippen molar-refractivity contribution in [3.8, 4) is 0 Å². The van der Waals surface area contributed by atoms with Crippen LogP contribution >= 0.6 is 12.6 Å². The quantitative estimate of drug-likeness (QED) is 0.606. The maximum absolute atomic E-state index is 10.8. The van der Waals surface area contributed by atoms with Gasteiger partial charge in [-0.2, -0.15) is 12.6 Å². The molecule has 2 aliphatic heterocycles. The minimum Gasteiger partial charge on any atom is -0.443 e. The van der Waals surface area contributed by atoms with Crippen molar-refractivity contribution in [1.82, 2.24) is 10.2 Å². The smallest absolute Gasteiger partial charge is 0.407 e. The van der Waals surface area contributed by atoms with Crippen molar-refractivity contribution in [1.29, 1.82) is 0 Å². The molecular formula is C8H14N2O2S. The Hall–Kier alpha value is -0.420. The van der Waals surface area contributed by atoms with Gasteiger partial charge in [-0.15, -0.1) is 0 Å². The maximum Gasteiger partial charge on any atom is 0.407 e. The monoisotopic (exact) mass is 202 g/mol. The van der Waals surface area contributed by atoms with Gasteiger partial charge in [0.25, 0.3) is 0 Å². The van der Waals surface area contributed by atoms with E-state index in [1.165, 1.54) is 0 Å². The van der Waals surface area contributed by atoms with Gasteiger partial charge in [0.1, 0.15) is 6.10 Å². The molecular weight excluding hydrogens is 188 g/mol. The molecule has 0 aromatic carbocycles. The van der Waals surface area contributed by atoms with Gasteiger partial charge < -0.3 is 10.1 Å². The molecule has 74 valence electrons. The van der Waals surface area contributed by atoms with Crippen LogP contribution < -0.4 is 5.32 Å². The van der Waals surface area contributed by atoms with Crippen molar-refractivity contribution in [2.75, 3.05) is 13.1 Å². The van der Waals surface area contributed by atoms with Crippen LogP contribution in [0.3, 0.4) is 0 Å². The molecule has 0 spiro atoms. The van der Waals surface area contributed by atoms with E-state index in [-0.39, 0.29) is 23.1 Å². The molecule has 0 bridgehead atoms. The molecule has 0 radical (unpaired) electrons. The molecule has 1 N–H and O–H groups in total. The average Bonchev–Trinajstić information content (AvgIpc) is 2.40. The number of alkyl carbamates (subject to hydrolysis) is 1. The first-order chi connectivity index (χ1) is 5.97. The summed E-state index contributed by atoms with van der Waals surface area (Å²) in [5.41, 5.74) is 0. The van der Waals surface area contributed by atoms with Crippen LogP contribution in [0.4, 0.5) is 4.79 Å². The van der Waals surface area contributed by atoms with Crippen LogP contribution in [0.2, 0.25) is 0 Å². The maximum atomic E-state index is 10.8. The van der Waals surface area contributed by atoms with Crippen molar-refractivity contribution in [3.05, 3.63) is 0 Å². The summed E-state index contributed by atoms with van der Waals surface area (Å²) in [4.78, 5) is 12.9. The molecule has 2 saturated heterocycles. The Balaban J connectivity index is 2.01. The Kier molecular flexibility index (Phi) is 1.96. The first kappa shape index (κ1) is 9.15. The van der Waals surface area contributed by atoms with Gasteiger partial charge in [0, 0.05) is 13.1 Å². The number of nitrogens with zero attached hydrogens (tertiary/aromatic N) is 1. The number of rotatable bonds is 1. The summed E-state index contributed by atoms with van der Waals surface area (Å²) >= 11 is 4.47. The predicted octanol–water partition coefficient (Wildman–Crippen LogP) is 0.445. The summed E-state index contributed by atoms with van der Waals surface area (Å²) in [5, 5.41) is 2.78. The molecule has 2 rings (SSSR count). The van der Waals surface area contributed by atoms with Crippen LogP contribution in [0.15, 0.2) is 0 Å². The van der Waals surface area contributed by atoms with Gasteiger partial charge in [-0.05, 0) is 13.8 Å². The van der Waals surface area contributed by atoms with Crippen molar-refractivity contribution in [3.63, 3.8) is 0 Å². The van der Waals surface area contributed by atoms with Gasteiger partial charge in [-0.1, -0.05) is 0 Å². The Bertz CT molecular complexity index is 223. The zero-order valence-corrected chi connectivity index (χ0v) is 8.67. The molecule has 2 unspecified atom stereocenters. The highest BCUT2D eigenvalue weighted by Gasteiger charge is 2.44. The van der Waals surface area contributed by atoms with E-state index in [1.54, 1.807) is 0 Å². The lowest BCUT2D eigenvalue weighted by Crippen LogP contribution is -2.41. The SMILES string of the molecule is CC(C)(S)N1CC2NC(=O)OC2C1. The first-order valence-corrected chi connectivity index (χ1v) is 4.86. The molecule has 5 heteroatoms. The van der Waals surface area contributed by atoms with Crippen LogP contribution in [0.1, 0.15) is 13.8 Å². The van der Waals surface area contributed by atoms with Gasteiger partial charge >= 0.3 is 6.09 Å². The molecule has 0 aromatic heterocycles. The predicted molar refractivity (Wildman–Crippen MR) is 51.8 cm³/mol. The van der Waals surface area contributed by atoms with E-state index in [0.717, 1.165) is 13.1 Å². The Morgan fingerprint density at radius 3 is 2.85 bits per heavy atom. The molecule has 2 fully saturated rings. The van der Waals surface area contributed by atoms with Crippen LogP contribution in [0, 0.1) is 0 Å². The first-order valence-electron chi connectivity index (χ1n) is 4.41. The summed E-state index contributed by atoms with van der Waals surface area (Å²) in [6.07, 6.45) is -0.273. The second kappa shape index (κ2) is 2.78. The Morgan fingerprint density at radius 1 is 1.62 bits per heavy atom. The number of likely N-dealkylation sites (tertiary alicyclic amines) is 1. The normalized spacial score (nSPS) is 34.2.